The molecule has 0 amide bonds. The van der Waals surface area contributed by atoms with Crippen molar-refractivity contribution in [1.82, 2.24) is 24.6 Å². The van der Waals surface area contributed by atoms with Crippen LogP contribution in [0.4, 0.5) is 17.6 Å². The monoisotopic (exact) mass is 481 g/mol. The van der Waals surface area contributed by atoms with Crippen molar-refractivity contribution in [3.63, 3.8) is 0 Å². The number of likely N-dealkylation sites (tertiary alicyclic amines) is 1. The molecule has 0 radical (unpaired) electrons. The lowest BCUT2D eigenvalue weighted by atomic mass is 9.92. The molecule has 2 atom stereocenters. The molecule has 2 fully saturated rings. The van der Waals surface area contributed by atoms with Crippen LogP contribution < -0.4 is 0 Å². The lowest BCUT2D eigenvalue weighted by molar-refractivity contribution is -0.137. The Labute approximate surface area is 192 Å². The van der Waals surface area contributed by atoms with Gasteiger partial charge in [-0.3, -0.25) is 0 Å². The van der Waals surface area contributed by atoms with Crippen LogP contribution in [0.15, 0.2) is 34.2 Å². The predicted octanol–water partition coefficient (Wildman–Crippen LogP) is 4.69. The van der Waals surface area contributed by atoms with Crippen molar-refractivity contribution in [3.8, 4) is 11.6 Å². The SMILES string of the molecule is Cc1ncoc1-c1nnc(SCCCN2C[C@H]3C[C@@]3(c3cc(C(F)(F)F)ccc3F)C2)n1C. The van der Waals surface area contributed by atoms with E-state index in [4.69, 9.17) is 4.42 Å². The fourth-order valence-electron chi connectivity index (χ4n) is 4.86. The van der Waals surface area contributed by atoms with E-state index < -0.39 is 23.0 Å². The van der Waals surface area contributed by atoms with Crippen molar-refractivity contribution in [3.05, 3.63) is 47.2 Å². The molecule has 2 aliphatic rings. The molecule has 1 aliphatic heterocycles. The third-order valence-corrected chi connectivity index (χ3v) is 7.79. The van der Waals surface area contributed by atoms with Gasteiger partial charge in [0, 0.05) is 31.3 Å². The Morgan fingerprint density at radius 1 is 1.27 bits per heavy atom. The lowest BCUT2D eigenvalue weighted by Crippen LogP contribution is -2.28. The second-order valence-electron chi connectivity index (χ2n) is 8.82. The Kier molecular flexibility index (Phi) is 5.51. The van der Waals surface area contributed by atoms with Crippen molar-refractivity contribution in [1.29, 1.82) is 0 Å². The van der Waals surface area contributed by atoms with Gasteiger partial charge in [0.1, 0.15) is 5.82 Å². The minimum Gasteiger partial charge on any atom is -0.440 e. The first-order valence-corrected chi connectivity index (χ1v) is 11.7. The zero-order valence-corrected chi connectivity index (χ0v) is 19.0. The maximum Gasteiger partial charge on any atom is 0.416 e. The average molecular weight is 482 g/mol. The molecule has 0 N–H and O–H groups in total. The first-order chi connectivity index (χ1) is 15.7. The molecule has 0 bridgehead atoms. The number of halogens is 4. The molecule has 2 aromatic heterocycles. The van der Waals surface area contributed by atoms with Crippen LogP contribution in [0.3, 0.4) is 0 Å². The number of thioether (sulfide) groups is 1. The molecule has 1 aliphatic carbocycles. The summed E-state index contributed by atoms with van der Waals surface area (Å²) in [5.41, 5.74) is -0.294. The van der Waals surface area contributed by atoms with Crippen LogP contribution in [0.5, 0.6) is 0 Å². The zero-order chi connectivity index (χ0) is 23.4. The topological polar surface area (TPSA) is 60.0 Å². The van der Waals surface area contributed by atoms with Crippen LogP contribution in [0.2, 0.25) is 0 Å². The molecule has 0 unspecified atom stereocenters. The highest BCUT2D eigenvalue weighted by molar-refractivity contribution is 7.99. The second kappa shape index (κ2) is 8.12. The number of nitrogens with zero attached hydrogens (tertiary/aromatic N) is 5. The van der Waals surface area contributed by atoms with E-state index >= 15 is 0 Å². The number of piperidine rings is 1. The largest absolute Gasteiger partial charge is 0.440 e. The maximum atomic E-state index is 14.5. The fraction of sp³-hybridized carbons (Fsp3) is 0.500. The Hall–Kier alpha value is -2.40. The van der Waals surface area contributed by atoms with Crippen LogP contribution in [0.25, 0.3) is 11.6 Å². The van der Waals surface area contributed by atoms with Gasteiger partial charge in [0.2, 0.25) is 5.82 Å². The van der Waals surface area contributed by atoms with E-state index in [-0.39, 0.29) is 11.5 Å². The van der Waals surface area contributed by atoms with Gasteiger partial charge in [-0.15, -0.1) is 10.2 Å². The third kappa shape index (κ3) is 4.05. The molecule has 1 saturated heterocycles. The summed E-state index contributed by atoms with van der Waals surface area (Å²) in [5, 5.41) is 9.20. The quantitative estimate of drug-likeness (QED) is 0.277. The van der Waals surface area contributed by atoms with Crippen LogP contribution in [0.1, 0.15) is 29.7 Å². The van der Waals surface area contributed by atoms with E-state index in [0.717, 1.165) is 60.7 Å². The molecule has 3 aromatic rings. The minimum atomic E-state index is -4.47. The summed E-state index contributed by atoms with van der Waals surface area (Å²) >= 11 is 1.58. The summed E-state index contributed by atoms with van der Waals surface area (Å²) in [7, 11) is 1.88. The molecular formula is C22H23F4N5OS. The second-order valence-corrected chi connectivity index (χ2v) is 9.88. The fourth-order valence-corrected chi connectivity index (χ4v) is 5.70. The standard InChI is InChI=1S/C22H23F4N5OS/c1-13-18(32-12-27-13)19-28-29-20(30(19)2)33-7-3-6-31-10-15-9-21(15,11-31)16-8-14(22(24,25)26)4-5-17(16)23/h4-5,8,12,15H,3,6-7,9-11H2,1-2H3/t15-,21-/m1/s1. The van der Waals surface area contributed by atoms with E-state index in [1.165, 1.54) is 6.39 Å². The number of aryl methyl sites for hydroxylation is 1. The van der Waals surface area contributed by atoms with Crippen molar-refractivity contribution in [2.75, 3.05) is 25.4 Å². The summed E-state index contributed by atoms with van der Waals surface area (Å²) in [6, 6.07) is 2.78. The summed E-state index contributed by atoms with van der Waals surface area (Å²) in [6.07, 6.45) is -1.46. The maximum absolute atomic E-state index is 14.5. The first-order valence-electron chi connectivity index (χ1n) is 10.7. The van der Waals surface area contributed by atoms with Gasteiger partial charge in [0.25, 0.3) is 0 Å². The number of oxazole rings is 1. The van der Waals surface area contributed by atoms with Crippen molar-refractivity contribution >= 4 is 11.8 Å². The van der Waals surface area contributed by atoms with E-state index in [2.05, 4.69) is 20.1 Å². The van der Waals surface area contributed by atoms with Crippen molar-refractivity contribution in [2.24, 2.45) is 13.0 Å². The van der Waals surface area contributed by atoms with E-state index in [9.17, 15) is 17.6 Å². The van der Waals surface area contributed by atoms with Crippen LogP contribution in [-0.2, 0) is 18.6 Å². The van der Waals surface area contributed by atoms with E-state index in [0.29, 0.717) is 18.1 Å². The smallest absolute Gasteiger partial charge is 0.416 e. The highest BCUT2D eigenvalue weighted by atomic mass is 32.2. The van der Waals surface area contributed by atoms with Crippen LogP contribution in [-0.4, -0.2) is 50.0 Å². The van der Waals surface area contributed by atoms with E-state index in [1.807, 2.05) is 18.5 Å². The Morgan fingerprint density at radius 2 is 2.09 bits per heavy atom. The van der Waals surface area contributed by atoms with Crippen molar-refractivity contribution in [2.45, 2.75) is 36.5 Å². The van der Waals surface area contributed by atoms with E-state index in [1.54, 1.807) is 11.8 Å². The molecule has 0 spiro atoms. The van der Waals surface area contributed by atoms with Gasteiger partial charge in [-0.2, -0.15) is 13.2 Å². The summed E-state index contributed by atoms with van der Waals surface area (Å²) < 4.78 is 61.1. The van der Waals surface area contributed by atoms with Gasteiger partial charge in [0.15, 0.2) is 17.3 Å². The molecular weight excluding hydrogens is 458 g/mol. The third-order valence-electron chi connectivity index (χ3n) is 6.68. The molecule has 6 nitrogen and oxygen atoms in total. The molecule has 33 heavy (non-hydrogen) atoms. The number of rotatable bonds is 7. The Morgan fingerprint density at radius 3 is 2.82 bits per heavy atom. The number of fused-ring (bicyclic) bond motifs is 1. The molecule has 1 saturated carbocycles. The Bertz CT molecular complexity index is 1180. The first kappa shape index (κ1) is 22.4. The highest BCUT2D eigenvalue weighted by Gasteiger charge is 2.61. The highest BCUT2D eigenvalue weighted by Crippen LogP contribution is 2.59. The van der Waals surface area contributed by atoms with Crippen LogP contribution in [0, 0.1) is 18.7 Å². The van der Waals surface area contributed by atoms with Crippen molar-refractivity contribution < 1.29 is 22.0 Å². The molecule has 5 rings (SSSR count). The molecule has 1 aromatic carbocycles. The zero-order valence-electron chi connectivity index (χ0n) is 18.2. The predicted molar refractivity (Wildman–Crippen MR) is 114 cm³/mol. The lowest BCUT2D eigenvalue weighted by Gasteiger charge is -2.22. The number of hydrogen-bond donors (Lipinski definition) is 0. The number of benzene rings is 1. The summed E-state index contributed by atoms with van der Waals surface area (Å²) in [6.45, 7) is 4.04. The van der Waals surface area contributed by atoms with Gasteiger partial charge in [-0.05, 0) is 56.0 Å². The van der Waals surface area contributed by atoms with Gasteiger partial charge < -0.3 is 13.9 Å². The van der Waals surface area contributed by atoms with Crippen LogP contribution >= 0.6 is 11.8 Å². The normalized spacial score (nSPS) is 22.7. The number of aromatic nitrogens is 4. The minimum absolute atomic E-state index is 0.216. The molecule has 176 valence electrons. The summed E-state index contributed by atoms with van der Waals surface area (Å²) in [5.74, 6) is 1.71. The Balaban J connectivity index is 1.17. The van der Waals surface area contributed by atoms with Gasteiger partial charge >= 0.3 is 6.18 Å². The number of alkyl halides is 3. The van der Waals surface area contributed by atoms with Gasteiger partial charge in [-0.25, -0.2) is 9.37 Å². The summed E-state index contributed by atoms with van der Waals surface area (Å²) in [4.78, 5) is 6.31. The van der Waals surface area contributed by atoms with Gasteiger partial charge in [0.05, 0.1) is 11.3 Å². The number of hydrogen-bond acceptors (Lipinski definition) is 6. The van der Waals surface area contributed by atoms with Gasteiger partial charge in [-0.1, -0.05) is 11.8 Å². The average Bonchev–Trinajstić information content (AvgIpc) is 3.06. The molecule has 11 heteroatoms. The molecule has 3 heterocycles.